The van der Waals surface area contributed by atoms with Crippen molar-refractivity contribution in [3.63, 3.8) is 0 Å². The van der Waals surface area contributed by atoms with E-state index in [1.807, 2.05) is 0 Å². The Balaban J connectivity index is 1.94. The van der Waals surface area contributed by atoms with Gasteiger partial charge in [0.05, 0.1) is 12.7 Å². The molecule has 4 nitrogen and oxygen atoms in total. The van der Waals surface area contributed by atoms with Gasteiger partial charge in [-0.05, 0) is 26.8 Å². The highest BCUT2D eigenvalue weighted by atomic mass is 16.5. The number of piperazine rings is 1. The first-order chi connectivity index (χ1) is 9.06. The molecule has 0 aromatic carbocycles. The molecular weight excluding hydrogens is 238 g/mol. The van der Waals surface area contributed by atoms with Crippen molar-refractivity contribution in [2.45, 2.75) is 51.3 Å². The quantitative estimate of drug-likeness (QED) is 0.829. The maximum absolute atomic E-state index is 5.94. The molecule has 3 atom stereocenters. The second kappa shape index (κ2) is 6.53. The Hall–Kier alpha value is -0.160. The summed E-state index contributed by atoms with van der Waals surface area (Å²) in [5.41, 5.74) is 0.270. The zero-order chi connectivity index (χ0) is 13.9. The summed E-state index contributed by atoms with van der Waals surface area (Å²) in [6.07, 6.45) is 2.78. The van der Waals surface area contributed by atoms with Gasteiger partial charge in [0.15, 0.2) is 0 Å². The van der Waals surface area contributed by atoms with Gasteiger partial charge in [-0.15, -0.1) is 0 Å². The maximum Gasteiger partial charge on any atom is 0.0829 e. The van der Waals surface area contributed by atoms with E-state index in [0.29, 0.717) is 12.1 Å². The summed E-state index contributed by atoms with van der Waals surface area (Å²) in [7, 11) is 2.20. The zero-order valence-corrected chi connectivity index (χ0v) is 13.1. The van der Waals surface area contributed by atoms with E-state index < -0.39 is 0 Å². The van der Waals surface area contributed by atoms with Crippen LogP contribution in [0.15, 0.2) is 0 Å². The minimum absolute atomic E-state index is 0.270. The smallest absolute Gasteiger partial charge is 0.0829 e. The van der Waals surface area contributed by atoms with Crippen LogP contribution in [0.4, 0.5) is 0 Å². The summed E-state index contributed by atoms with van der Waals surface area (Å²) in [4.78, 5) is 5.04. The van der Waals surface area contributed by atoms with E-state index in [1.165, 1.54) is 12.8 Å². The number of hydrogen-bond acceptors (Lipinski definition) is 4. The molecule has 0 bridgehead atoms. The van der Waals surface area contributed by atoms with Gasteiger partial charge in [0.1, 0.15) is 0 Å². The van der Waals surface area contributed by atoms with Gasteiger partial charge < -0.3 is 15.0 Å². The standard InChI is InChI=1S/C15H31N3O/c1-5-13-9-16-15(3,6-2)12-18(13)11-14-10-17(4)7-8-19-14/h13-14,16H,5-12H2,1-4H3. The average Bonchev–Trinajstić information content (AvgIpc) is 2.39. The van der Waals surface area contributed by atoms with Crippen molar-refractivity contribution in [1.82, 2.24) is 15.1 Å². The van der Waals surface area contributed by atoms with Crippen molar-refractivity contribution in [3.05, 3.63) is 0 Å². The van der Waals surface area contributed by atoms with Crippen LogP contribution in [0.5, 0.6) is 0 Å². The van der Waals surface area contributed by atoms with E-state index >= 15 is 0 Å². The molecule has 1 N–H and O–H groups in total. The fourth-order valence-corrected chi connectivity index (χ4v) is 3.22. The molecule has 0 aromatic heterocycles. The summed E-state index contributed by atoms with van der Waals surface area (Å²) in [6, 6.07) is 0.662. The lowest BCUT2D eigenvalue weighted by Gasteiger charge is -2.47. The molecule has 2 fully saturated rings. The number of morpholine rings is 1. The van der Waals surface area contributed by atoms with Crippen molar-refractivity contribution in [1.29, 1.82) is 0 Å². The average molecular weight is 269 g/mol. The van der Waals surface area contributed by atoms with Crippen LogP contribution < -0.4 is 5.32 Å². The molecule has 3 unspecified atom stereocenters. The highest BCUT2D eigenvalue weighted by molar-refractivity contribution is 4.95. The Labute approximate surface area is 118 Å². The number of nitrogens with one attached hydrogen (secondary N) is 1. The Morgan fingerprint density at radius 2 is 2.16 bits per heavy atom. The lowest BCUT2D eigenvalue weighted by Crippen LogP contribution is -2.64. The topological polar surface area (TPSA) is 27.7 Å². The van der Waals surface area contributed by atoms with Crippen molar-refractivity contribution < 1.29 is 4.74 Å². The first-order valence-corrected chi connectivity index (χ1v) is 7.85. The van der Waals surface area contributed by atoms with E-state index in [1.54, 1.807) is 0 Å². The van der Waals surface area contributed by atoms with Crippen LogP contribution in [0.2, 0.25) is 0 Å². The first-order valence-electron chi connectivity index (χ1n) is 7.85. The van der Waals surface area contributed by atoms with E-state index in [-0.39, 0.29) is 5.54 Å². The molecule has 2 rings (SSSR count). The van der Waals surface area contributed by atoms with E-state index in [2.05, 4.69) is 42.9 Å². The van der Waals surface area contributed by atoms with Crippen molar-refractivity contribution in [2.75, 3.05) is 46.4 Å². The van der Waals surface area contributed by atoms with Crippen molar-refractivity contribution in [2.24, 2.45) is 0 Å². The number of nitrogens with zero attached hydrogens (tertiary/aromatic N) is 2. The predicted octanol–water partition coefficient (Wildman–Crippen LogP) is 1.17. The molecule has 2 aliphatic rings. The van der Waals surface area contributed by atoms with Gasteiger partial charge in [-0.25, -0.2) is 0 Å². The van der Waals surface area contributed by atoms with Gasteiger partial charge in [0.2, 0.25) is 0 Å². The Bertz CT molecular complexity index is 287. The molecule has 19 heavy (non-hydrogen) atoms. The molecule has 2 saturated heterocycles. The van der Waals surface area contributed by atoms with Crippen LogP contribution in [-0.2, 0) is 4.74 Å². The number of ether oxygens (including phenoxy) is 1. The molecule has 0 radical (unpaired) electrons. The minimum Gasteiger partial charge on any atom is -0.374 e. The van der Waals surface area contributed by atoms with Gasteiger partial charge in [-0.3, -0.25) is 4.90 Å². The third kappa shape index (κ3) is 3.91. The molecule has 2 aliphatic heterocycles. The normalized spacial score (nSPS) is 38.5. The highest BCUT2D eigenvalue weighted by Crippen LogP contribution is 2.21. The monoisotopic (exact) mass is 269 g/mol. The van der Waals surface area contributed by atoms with Crippen LogP contribution in [0.1, 0.15) is 33.6 Å². The van der Waals surface area contributed by atoms with E-state index in [4.69, 9.17) is 4.74 Å². The van der Waals surface area contributed by atoms with Crippen molar-refractivity contribution >= 4 is 0 Å². The molecule has 4 heteroatoms. The second-order valence-electron chi connectivity index (χ2n) is 6.54. The highest BCUT2D eigenvalue weighted by Gasteiger charge is 2.35. The largest absolute Gasteiger partial charge is 0.374 e. The third-order valence-electron chi connectivity index (χ3n) is 4.86. The summed E-state index contributed by atoms with van der Waals surface area (Å²) in [5.74, 6) is 0. The summed E-state index contributed by atoms with van der Waals surface area (Å²) < 4.78 is 5.94. The van der Waals surface area contributed by atoms with Crippen LogP contribution >= 0.6 is 0 Å². The van der Waals surface area contributed by atoms with Crippen LogP contribution in [0.3, 0.4) is 0 Å². The Morgan fingerprint density at radius 1 is 1.37 bits per heavy atom. The molecule has 0 aliphatic carbocycles. The van der Waals surface area contributed by atoms with E-state index in [9.17, 15) is 0 Å². The van der Waals surface area contributed by atoms with Crippen molar-refractivity contribution in [3.8, 4) is 0 Å². The van der Waals surface area contributed by atoms with Gasteiger partial charge >= 0.3 is 0 Å². The zero-order valence-electron chi connectivity index (χ0n) is 13.1. The van der Waals surface area contributed by atoms with Crippen LogP contribution in [0, 0.1) is 0 Å². The SMILES string of the molecule is CCC1CNC(C)(CC)CN1CC1CN(C)CCO1. The van der Waals surface area contributed by atoms with Gasteiger partial charge in [-0.2, -0.15) is 0 Å². The number of rotatable bonds is 4. The fourth-order valence-electron chi connectivity index (χ4n) is 3.22. The maximum atomic E-state index is 5.94. The Kier molecular flexibility index (Phi) is 5.23. The lowest BCUT2D eigenvalue weighted by molar-refractivity contribution is -0.0516. The van der Waals surface area contributed by atoms with E-state index in [0.717, 1.165) is 39.3 Å². The molecule has 0 amide bonds. The Morgan fingerprint density at radius 3 is 2.79 bits per heavy atom. The molecular formula is C15H31N3O. The number of likely N-dealkylation sites (N-methyl/N-ethyl adjacent to an activating group) is 1. The lowest BCUT2D eigenvalue weighted by atomic mass is 9.92. The predicted molar refractivity (Wildman–Crippen MR) is 79.6 cm³/mol. The summed E-state index contributed by atoms with van der Waals surface area (Å²) in [5, 5.41) is 3.73. The van der Waals surface area contributed by atoms with Crippen LogP contribution in [-0.4, -0.2) is 73.9 Å². The first kappa shape index (κ1) is 15.2. The third-order valence-corrected chi connectivity index (χ3v) is 4.86. The molecule has 0 spiro atoms. The molecule has 0 aromatic rings. The molecule has 112 valence electrons. The minimum atomic E-state index is 0.270. The summed E-state index contributed by atoms with van der Waals surface area (Å²) in [6.45, 7) is 13.3. The second-order valence-corrected chi connectivity index (χ2v) is 6.54. The van der Waals surface area contributed by atoms with Gasteiger partial charge in [0, 0.05) is 44.3 Å². The molecule has 0 saturated carbocycles. The van der Waals surface area contributed by atoms with Gasteiger partial charge in [-0.1, -0.05) is 13.8 Å². The molecule has 2 heterocycles. The number of hydrogen-bond donors (Lipinski definition) is 1. The fraction of sp³-hybridized carbons (Fsp3) is 1.00. The van der Waals surface area contributed by atoms with Gasteiger partial charge in [0.25, 0.3) is 0 Å². The van der Waals surface area contributed by atoms with Crippen LogP contribution in [0.25, 0.3) is 0 Å². The summed E-state index contributed by atoms with van der Waals surface area (Å²) >= 11 is 0.